The van der Waals surface area contributed by atoms with E-state index in [0.717, 1.165) is 38.9 Å². The summed E-state index contributed by atoms with van der Waals surface area (Å²) in [6.07, 6.45) is 7.12. The van der Waals surface area contributed by atoms with E-state index in [1.165, 1.54) is 15.3 Å². The summed E-state index contributed by atoms with van der Waals surface area (Å²) in [5, 5.41) is 9.55. The van der Waals surface area contributed by atoms with Crippen molar-refractivity contribution in [3.63, 3.8) is 0 Å². The van der Waals surface area contributed by atoms with Crippen LogP contribution in [0.15, 0.2) is 61.2 Å². The number of fused-ring (bicyclic) bond motifs is 2. The summed E-state index contributed by atoms with van der Waals surface area (Å²) >= 11 is 1.78. The largest absolute Gasteiger partial charge is 0.495 e. The van der Waals surface area contributed by atoms with Crippen LogP contribution in [0.4, 0.5) is 0 Å². The Morgan fingerprint density at radius 2 is 1.84 bits per heavy atom. The fourth-order valence-corrected chi connectivity index (χ4v) is 4.81. The number of pyridine rings is 3. The molecule has 0 spiro atoms. The Morgan fingerprint density at radius 1 is 0.938 bits per heavy atom. The van der Waals surface area contributed by atoms with Crippen LogP contribution in [0.5, 0.6) is 5.75 Å². The van der Waals surface area contributed by atoms with E-state index in [9.17, 15) is 0 Å². The second-order valence-corrected chi connectivity index (χ2v) is 8.81. The van der Waals surface area contributed by atoms with E-state index < -0.39 is 0 Å². The van der Waals surface area contributed by atoms with Crippen LogP contribution < -0.4 is 4.74 Å². The van der Waals surface area contributed by atoms with Gasteiger partial charge >= 0.3 is 0 Å². The highest BCUT2D eigenvalue weighted by Crippen LogP contribution is 2.36. The molecule has 0 radical (unpaired) electrons. The maximum absolute atomic E-state index is 5.31. The second-order valence-electron chi connectivity index (χ2n) is 7.52. The van der Waals surface area contributed by atoms with Gasteiger partial charge in [0.2, 0.25) is 0 Å². The van der Waals surface area contributed by atoms with Crippen molar-refractivity contribution in [2.24, 2.45) is 0 Å². The number of ether oxygens (including phenoxy) is 1. The molecule has 7 nitrogen and oxygen atoms in total. The van der Waals surface area contributed by atoms with Crippen molar-refractivity contribution in [2.75, 3.05) is 7.11 Å². The molecule has 2 N–H and O–H groups in total. The Morgan fingerprint density at radius 3 is 2.69 bits per heavy atom. The Kier molecular flexibility index (Phi) is 4.26. The molecule has 0 saturated heterocycles. The second kappa shape index (κ2) is 7.28. The summed E-state index contributed by atoms with van der Waals surface area (Å²) in [5.41, 5.74) is 6.32. The quantitative estimate of drug-likeness (QED) is 0.373. The number of aryl methyl sites for hydroxylation is 1. The fourth-order valence-electron chi connectivity index (χ4n) is 3.91. The van der Waals surface area contributed by atoms with Crippen LogP contribution >= 0.6 is 11.3 Å². The van der Waals surface area contributed by atoms with E-state index in [0.29, 0.717) is 11.4 Å². The average molecular weight is 439 g/mol. The topological polar surface area (TPSA) is 92.4 Å². The normalized spacial score (nSPS) is 11.4. The molecule has 0 bridgehead atoms. The third kappa shape index (κ3) is 3.04. The minimum Gasteiger partial charge on any atom is -0.495 e. The maximum Gasteiger partial charge on any atom is 0.181 e. The van der Waals surface area contributed by atoms with E-state index in [2.05, 4.69) is 67.4 Å². The third-order valence-electron chi connectivity index (χ3n) is 5.50. The molecule has 6 aromatic heterocycles. The highest BCUT2D eigenvalue weighted by molar-refractivity contribution is 7.15. The van der Waals surface area contributed by atoms with Crippen LogP contribution in [0.2, 0.25) is 0 Å². The number of H-pyrrole nitrogens is 2. The molecule has 0 aliphatic carbocycles. The number of nitrogens with zero attached hydrogens (tertiary/aromatic N) is 4. The highest BCUT2D eigenvalue weighted by Gasteiger charge is 2.16. The van der Waals surface area contributed by atoms with Gasteiger partial charge in [0.25, 0.3) is 0 Å². The van der Waals surface area contributed by atoms with Crippen molar-refractivity contribution < 1.29 is 4.74 Å². The number of rotatable bonds is 4. The molecule has 32 heavy (non-hydrogen) atoms. The van der Waals surface area contributed by atoms with Crippen molar-refractivity contribution in [2.45, 2.75) is 6.92 Å². The Hall–Kier alpha value is -4.04. The summed E-state index contributed by atoms with van der Waals surface area (Å²) in [5.74, 6) is 0.702. The first-order chi connectivity index (χ1) is 15.7. The van der Waals surface area contributed by atoms with E-state index in [-0.39, 0.29) is 0 Å². The number of hydrogen-bond donors (Lipinski definition) is 2. The molecule has 0 aliphatic heterocycles. The average Bonchev–Trinajstić information content (AvgIpc) is 3.55. The monoisotopic (exact) mass is 438 g/mol. The summed E-state index contributed by atoms with van der Waals surface area (Å²) < 4.78 is 5.31. The van der Waals surface area contributed by atoms with Crippen LogP contribution in [-0.2, 0) is 0 Å². The highest BCUT2D eigenvalue weighted by atomic mass is 32.1. The summed E-state index contributed by atoms with van der Waals surface area (Å²) in [6, 6.07) is 12.5. The molecule has 0 amide bonds. The van der Waals surface area contributed by atoms with Gasteiger partial charge in [-0.2, -0.15) is 5.10 Å². The van der Waals surface area contributed by atoms with Crippen LogP contribution in [0.3, 0.4) is 0 Å². The van der Waals surface area contributed by atoms with E-state index in [4.69, 9.17) is 4.74 Å². The lowest BCUT2D eigenvalue weighted by atomic mass is 10.1. The molecule has 0 atom stereocenters. The van der Waals surface area contributed by atoms with Crippen molar-refractivity contribution in [3.05, 3.63) is 66.1 Å². The molecule has 6 rings (SSSR count). The van der Waals surface area contributed by atoms with Crippen molar-refractivity contribution >= 4 is 33.4 Å². The molecule has 8 heteroatoms. The lowest BCUT2D eigenvalue weighted by molar-refractivity contribution is 0.413. The molecule has 0 unspecified atom stereocenters. The minimum atomic E-state index is 0.653. The predicted molar refractivity (Wildman–Crippen MR) is 127 cm³/mol. The molecule has 6 aromatic rings. The van der Waals surface area contributed by atoms with Crippen LogP contribution in [-0.4, -0.2) is 37.2 Å². The number of aromatic amines is 2. The van der Waals surface area contributed by atoms with Gasteiger partial charge in [0, 0.05) is 55.8 Å². The Balaban J connectivity index is 1.49. The third-order valence-corrected chi connectivity index (χ3v) is 6.53. The maximum atomic E-state index is 5.31. The predicted octanol–water partition coefficient (Wildman–Crippen LogP) is 5.61. The van der Waals surface area contributed by atoms with Gasteiger partial charge in [-0.3, -0.25) is 10.1 Å². The molecule has 0 saturated carbocycles. The molecule has 0 fully saturated rings. The van der Waals surface area contributed by atoms with E-state index >= 15 is 0 Å². The van der Waals surface area contributed by atoms with Crippen LogP contribution in [0.1, 0.15) is 4.88 Å². The van der Waals surface area contributed by atoms with Gasteiger partial charge in [0.1, 0.15) is 11.4 Å². The number of nitrogens with one attached hydrogen (secondary N) is 2. The SMILES string of the molecule is COc1cncc(-c2cnc3n[nH]c(-c4cc5c(-c6ccc(C)s6)ccnc5[nH]4)c3c2)c1. The summed E-state index contributed by atoms with van der Waals surface area (Å²) in [6.45, 7) is 2.12. The molecular weight excluding hydrogens is 420 g/mol. The number of thiophene rings is 1. The van der Waals surface area contributed by atoms with Gasteiger partial charge in [-0.05, 0) is 43.3 Å². The Bertz CT molecular complexity index is 1600. The van der Waals surface area contributed by atoms with Gasteiger partial charge in [-0.15, -0.1) is 11.3 Å². The number of hydrogen-bond acceptors (Lipinski definition) is 6. The first-order valence-corrected chi connectivity index (χ1v) is 10.9. The zero-order valence-corrected chi connectivity index (χ0v) is 18.2. The van der Waals surface area contributed by atoms with Crippen LogP contribution in [0.25, 0.3) is 55.0 Å². The first-order valence-electron chi connectivity index (χ1n) is 10.1. The molecule has 0 aromatic carbocycles. The standard InChI is InChI=1S/C24H18N6OS/c1-13-3-4-21(32-13)17-5-6-26-23-18(17)9-20(28-23)22-19-8-15(11-27-24(19)30-29-22)14-7-16(31-2)12-25-10-14/h3-12H,1-2H3,(H,26,28)(H,27,29,30). The van der Waals surface area contributed by atoms with Gasteiger partial charge < -0.3 is 9.72 Å². The number of aromatic nitrogens is 6. The van der Waals surface area contributed by atoms with Gasteiger partial charge in [-0.1, -0.05) is 0 Å². The van der Waals surface area contributed by atoms with Crippen LogP contribution in [0, 0.1) is 6.92 Å². The van der Waals surface area contributed by atoms with Gasteiger partial charge in [0.15, 0.2) is 5.65 Å². The minimum absolute atomic E-state index is 0.653. The fraction of sp³-hybridized carbons (Fsp3) is 0.0833. The van der Waals surface area contributed by atoms with Crippen molar-refractivity contribution in [1.29, 1.82) is 0 Å². The first kappa shape index (κ1) is 18.7. The molecule has 156 valence electrons. The number of methoxy groups -OCH3 is 1. The van der Waals surface area contributed by atoms with Gasteiger partial charge in [0.05, 0.1) is 24.7 Å². The zero-order chi connectivity index (χ0) is 21.7. The smallest absolute Gasteiger partial charge is 0.181 e. The lowest BCUT2D eigenvalue weighted by Crippen LogP contribution is -1.87. The van der Waals surface area contributed by atoms with Crippen molar-refractivity contribution in [3.8, 4) is 38.7 Å². The molecule has 6 heterocycles. The van der Waals surface area contributed by atoms with Crippen molar-refractivity contribution in [1.82, 2.24) is 30.1 Å². The molecule has 0 aliphatic rings. The summed E-state index contributed by atoms with van der Waals surface area (Å²) in [4.78, 5) is 19.3. The van der Waals surface area contributed by atoms with E-state index in [1.54, 1.807) is 37.0 Å². The lowest BCUT2D eigenvalue weighted by Gasteiger charge is -2.04. The Labute approximate surface area is 187 Å². The molecular formula is C24H18N6OS. The van der Waals surface area contributed by atoms with E-state index in [1.807, 2.05) is 12.3 Å². The zero-order valence-electron chi connectivity index (χ0n) is 17.4. The van der Waals surface area contributed by atoms with Gasteiger partial charge in [-0.25, -0.2) is 9.97 Å². The summed E-state index contributed by atoms with van der Waals surface area (Å²) in [7, 11) is 1.63.